The third-order valence-electron chi connectivity index (χ3n) is 2.94. The van der Waals surface area contributed by atoms with Crippen LogP contribution in [0.25, 0.3) is 0 Å². The molecule has 18 heavy (non-hydrogen) atoms. The van der Waals surface area contributed by atoms with Crippen LogP contribution in [0.1, 0.15) is 12.0 Å². The van der Waals surface area contributed by atoms with Crippen LogP contribution in [0.15, 0.2) is 24.3 Å². The molecule has 1 atom stereocenters. The first-order valence-electron chi connectivity index (χ1n) is 6.13. The van der Waals surface area contributed by atoms with Crippen LogP contribution < -0.4 is 16.0 Å². The van der Waals surface area contributed by atoms with E-state index in [9.17, 15) is 9.59 Å². The lowest BCUT2D eigenvalue weighted by Gasteiger charge is -2.19. The largest absolute Gasteiger partial charge is 0.345 e. The predicted molar refractivity (Wildman–Crippen MR) is 68.0 cm³/mol. The van der Waals surface area contributed by atoms with E-state index in [0.717, 1.165) is 17.8 Å². The Labute approximate surface area is 106 Å². The summed E-state index contributed by atoms with van der Waals surface area (Å²) in [5, 5.41) is 7.48. The SMILES string of the molecule is Cc1cccc(NC(=O)CC2[NH2+]CCNC2=O)c1. The molecule has 5 nitrogen and oxygen atoms in total. The lowest BCUT2D eigenvalue weighted by molar-refractivity contribution is -0.678. The number of carbonyl (C=O) groups excluding carboxylic acids is 2. The van der Waals surface area contributed by atoms with E-state index in [-0.39, 0.29) is 24.3 Å². The van der Waals surface area contributed by atoms with E-state index in [2.05, 4.69) is 10.6 Å². The molecule has 0 saturated carbocycles. The summed E-state index contributed by atoms with van der Waals surface area (Å²) in [6.45, 7) is 3.47. The third-order valence-corrected chi connectivity index (χ3v) is 2.94. The van der Waals surface area contributed by atoms with E-state index in [1.807, 2.05) is 36.5 Å². The van der Waals surface area contributed by atoms with Crippen LogP contribution in [0.3, 0.4) is 0 Å². The van der Waals surface area contributed by atoms with Gasteiger partial charge in [0.05, 0.1) is 19.5 Å². The van der Waals surface area contributed by atoms with Gasteiger partial charge in [-0.25, -0.2) is 0 Å². The van der Waals surface area contributed by atoms with Gasteiger partial charge in [-0.2, -0.15) is 0 Å². The molecule has 1 aliphatic heterocycles. The zero-order chi connectivity index (χ0) is 13.0. The number of quaternary nitrogens is 1. The number of hydrogen-bond donors (Lipinski definition) is 3. The van der Waals surface area contributed by atoms with Crippen molar-refractivity contribution in [2.24, 2.45) is 0 Å². The van der Waals surface area contributed by atoms with Gasteiger partial charge in [-0.1, -0.05) is 12.1 Å². The van der Waals surface area contributed by atoms with Crippen LogP contribution in [0.2, 0.25) is 0 Å². The first-order valence-corrected chi connectivity index (χ1v) is 6.13. The summed E-state index contributed by atoms with van der Waals surface area (Å²) in [6.07, 6.45) is 0.208. The standard InChI is InChI=1S/C13H17N3O2/c1-9-3-2-4-10(7-9)16-12(17)8-11-13(18)15-6-5-14-11/h2-4,7,11,14H,5-6,8H2,1H3,(H,15,18)(H,16,17)/p+1. The Morgan fingerprint density at radius 3 is 3.11 bits per heavy atom. The maximum atomic E-state index is 11.8. The van der Waals surface area contributed by atoms with Gasteiger partial charge in [0.15, 0.2) is 6.04 Å². The number of hydrogen-bond acceptors (Lipinski definition) is 2. The van der Waals surface area contributed by atoms with Crippen molar-refractivity contribution in [2.45, 2.75) is 19.4 Å². The van der Waals surface area contributed by atoms with Crippen molar-refractivity contribution in [1.29, 1.82) is 0 Å². The fourth-order valence-corrected chi connectivity index (χ4v) is 2.03. The lowest BCUT2D eigenvalue weighted by Crippen LogP contribution is -2.96. The first kappa shape index (κ1) is 12.6. The van der Waals surface area contributed by atoms with E-state index in [4.69, 9.17) is 0 Å². The summed E-state index contributed by atoms with van der Waals surface area (Å²) in [4.78, 5) is 23.3. The highest BCUT2D eigenvalue weighted by molar-refractivity contribution is 5.94. The molecule has 2 rings (SSSR count). The average molecular weight is 248 g/mol. The fraction of sp³-hybridized carbons (Fsp3) is 0.385. The first-order chi connectivity index (χ1) is 8.65. The Hall–Kier alpha value is -1.88. The normalized spacial score (nSPS) is 19.2. The molecule has 0 bridgehead atoms. The fourth-order valence-electron chi connectivity index (χ4n) is 2.03. The van der Waals surface area contributed by atoms with Crippen molar-refractivity contribution < 1.29 is 14.9 Å². The maximum Gasteiger partial charge on any atom is 0.278 e. The number of nitrogens with two attached hydrogens (primary N) is 1. The van der Waals surface area contributed by atoms with Crippen molar-refractivity contribution in [3.05, 3.63) is 29.8 Å². The molecule has 1 aliphatic rings. The molecule has 0 aromatic heterocycles. The topological polar surface area (TPSA) is 74.8 Å². The number of benzene rings is 1. The minimum atomic E-state index is -0.302. The highest BCUT2D eigenvalue weighted by atomic mass is 16.2. The predicted octanol–water partition coefficient (Wildman–Crippen LogP) is -0.615. The molecule has 4 N–H and O–H groups in total. The quantitative estimate of drug-likeness (QED) is 0.667. The number of rotatable bonds is 3. The minimum absolute atomic E-state index is 0.0550. The minimum Gasteiger partial charge on any atom is -0.345 e. The summed E-state index contributed by atoms with van der Waals surface area (Å²) >= 11 is 0. The van der Waals surface area contributed by atoms with Crippen molar-refractivity contribution in [3.8, 4) is 0 Å². The van der Waals surface area contributed by atoms with Gasteiger partial charge in [0, 0.05) is 5.69 Å². The van der Waals surface area contributed by atoms with Crippen LogP contribution in [-0.2, 0) is 9.59 Å². The second-order valence-corrected chi connectivity index (χ2v) is 4.54. The molecular formula is C13H18N3O2+. The van der Waals surface area contributed by atoms with Gasteiger partial charge < -0.3 is 16.0 Å². The van der Waals surface area contributed by atoms with E-state index >= 15 is 0 Å². The monoisotopic (exact) mass is 248 g/mol. The third kappa shape index (κ3) is 3.30. The highest BCUT2D eigenvalue weighted by Gasteiger charge is 2.27. The second-order valence-electron chi connectivity index (χ2n) is 4.54. The molecule has 2 amide bonds. The Kier molecular flexibility index (Phi) is 3.94. The number of amides is 2. The summed E-state index contributed by atoms with van der Waals surface area (Å²) in [5.74, 6) is -0.181. The zero-order valence-electron chi connectivity index (χ0n) is 10.4. The Morgan fingerprint density at radius 2 is 2.39 bits per heavy atom. The molecule has 0 spiro atoms. The number of piperazine rings is 1. The van der Waals surface area contributed by atoms with Crippen LogP contribution in [0.4, 0.5) is 5.69 Å². The van der Waals surface area contributed by atoms with Crippen LogP contribution >= 0.6 is 0 Å². The molecular weight excluding hydrogens is 230 g/mol. The molecule has 1 heterocycles. The van der Waals surface area contributed by atoms with Gasteiger partial charge in [0.1, 0.15) is 0 Å². The van der Waals surface area contributed by atoms with Gasteiger partial charge in [-0.05, 0) is 24.6 Å². The summed E-state index contributed by atoms with van der Waals surface area (Å²) < 4.78 is 0. The number of nitrogens with one attached hydrogen (secondary N) is 2. The molecule has 0 radical (unpaired) electrons. The molecule has 1 aromatic rings. The molecule has 0 aliphatic carbocycles. The summed E-state index contributed by atoms with van der Waals surface area (Å²) in [6, 6.07) is 7.31. The highest BCUT2D eigenvalue weighted by Crippen LogP contribution is 2.09. The molecule has 5 heteroatoms. The molecule has 1 saturated heterocycles. The van der Waals surface area contributed by atoms with Gasteiger partial charge in [-0.3, -0.25) is 9.59 Å². The van der Waals surface area contributed by atoms with Crippen molar-refractivity contribution >= 4 is 17.5 Å². The number of aryl methyl sites for hydroxylation is 1. The van der Waals surface area contributed by atoms with E-state index in [0.29, 0.717) is 6.54 Å². The Bertz CT molecular complexity index is 459. The summed E-state index contributed by atoms with van der Waals surface area (Å²) in [5.41, 5.74) is 1.87. The van der Waals surface area contributed by atoms with Crippen molar-refractivity contribution in [3.63, 3.8) is 0 Å². The maximum absolute atomic E-state index is 11.8. The number of carbonyl (C=O) groups is 2. The second kappa shape index (κ2) is 5.64. The van der Waals surface area contributed by atoms with E-state index in [1.165, 1.54) is 0 Å². The molecule has 1 aromatic carbocycles. The molecule has 96 valence electrons. The lowest BCUT2D eigenvalue weighted by atomic mass is 10.1. The molecule has 1 fully saturated rings. The van der Waals surface area contributed by atoms with E-state index < -0.39 is 0 Å². The van der Waals surface area contributed by atoms with Crippen LogP contribution in [0, 0.1) is 6.92 Å². The van der Waals surface area contributed by atoms with Crippen LogP contribution in [-0.4, -0.2) is 30.9 Å². The Balaban J connectivity index is 1.90. The van der Waals surface area contributed by atoms with Gasteiger partial charge in [-0.15, -0.1) is 0 Å². The van der Waals surface area contributed by atoms with Crippen molar-refractivity contribution in [1.82, 2.24) is 5.32 Å². The zero-order valence-corrected chi connectivity index (χ0v) is 10.4. The average Bonchev–Trinajstić information content (AvgIpc) is 2.32. The van der Waals surface area contributed by atoms with Gasteiger partial charge in [0.2, 0.25) is 5.91 Å². The smallest absolute Gasteiger partial charge is 0.278 e. The van der Waals surface area contributed by atoms with E-state index in [1.54, 1.807) is 0 Å². The molecule has 1 unspecified atom stereocenters. The van der Waals surface area contributed by atoms with Gasteiger partial charge in [0.25, 0.3) is 5.91 Å². The van der Waals surface area contributed by atoms with Crippen molar-refractivity contribution in [2.75, 3.05) is 18.4 Å². The number of anilines is 1. The Morgan fingerprint density at radius 1 is 1.56 bits per heavy atom. The van der Waals surface area contributed by atoms with Gasteiger partial charge >= 0.3 is 0 Å². The summed E-state index contributed by atoms with van der Waals surface area (Å²) in [7, 11) is 0. The van der Waals surface area contributed by atoms with Crippen LogP contribution in [0.5, 0.6) is 0 Å².